The van der Waals surface area contributed by atoms with Crippen LogP contribution in [0, 0.1) is 0 Å². The second kappa shape index (κ2) is 10.6. The van der Waals surface area contributed by atoms with Crippen molar-refractivity contribution in [2.45, 2.75) is 18.1 Å². The fourth-order valence-electron chi connectivity index (χ4n) is 2.68. The van der Waals surface area contributed by atoms with Gasteiger partial charge in [-0.05, 0) is 65.3 Å². The van der Waals surface area contributed by atoms with Gasteiger partial charge in [-0.15, -0.1) is 10.2 Å². The van der Waals surface area contributed by atoms with Gasteiger partial charge in [0.05, 0.1) is 17.5 Å². The summed E-state index contributed by atoms with van der Waals surface area (Å²) in [6.45, 7) is 1.82. The third-order valence-electron chi connectivity index (χ3n) is 4.24. The average Bonchev–Trinajstić information content (AvgIpc) is 3.10. The predicted molar refractivity (Wildman–Crippen MR) is 130 cm³/mol. The Labute approximate surface area is 205 Å². The summed E-state index contributed by atoms with van der Waals surface area (Å²) in [4.78, 5) is 24.8. The first-order chi connectivity index (χ1) is 14.7. The van der Waals surface area contributed by atoms with Gasteiger partial charge in [0.1, 0.15) is 0 Å². The molecule has 3 aromatic rings. The SMILES string of the molecule is C[C@@H](NC(=O)c1ccc(Cl)cc1)c1nnc(SCC(=O)Nc2cc(Br)ccc2Br)n1C. The lowest BCUT2D eigenvalue weighted by Gasteiger charge is -2.13. The van der Waals surface area contributed by atoms with Gasteiger partial charge >= 0.3 is 0 Å². The van der Waals surface area contributed by atoms with Gasteiger partial charge in [0.25, 0.3) is 5.91 Å². The van der Waals surface area contributed by atoms with E-state index in [1.807, 2.05) is 25.1 Å². The third kappa shape index (κ3) is 6.31. The third-order valence-corrected chi connectivity index (χ3v) is 6.70. The number of anilines is 1. The summed E-state index contributed by atoms with van der Waals surface area (Å²) in [6.07, 6.45) is 0. The molecule has 2 amide bonds. The van der Waals surface area contributed by atoms with E-state index in [-0.39, 0.29) is 23.6 Å². The Bertz CT molecular complexity index is 1110. The largest absolute Gasteiger partial charge is 0.342 e. The monoisotopic (exact) mass is 585 g/mol. The molecule has 1 atom stereocenters. The molecule has 0 radical (unpaired) electrons. The number of rotatable bonds is 7. The van der Waals surface area contributed by atoms with Gasteiger partial charge < -0.3 is 15.2 Å². The number of thioether (sulfide) groups is 1. The minimum absolute atomic E-state index is 0.163. The molecule has 1 heterocycles. The van der Waals surface area contributed by atoms with Crippen molar-refractivity contribution in [3.05, 3.63) is 67.8 Å². The van der Waals surface area contributed by atoms with E-state index in [1.54, 1.807) is 35.9 Å². The molecule has 162 valence electrons. The zero-order valence-electron chi connectivity index (χ0n) is 16.5. The van der Waals surface area contributed by atoms with Crippen molar-refractivity contribution >= 4 is 72.7 Å². The fourth-order valence-corrected chi connectivity index (χ4v) is 4.24. The van der Waals surface area contributed by atoms with Gasteiger partial charge in [-0.1, -0.05) is 39.3 Å². The number of aromatic nitrogens is 3. The maximum absolute atomic E-state index is 12.4. The molecule has 11 heteroatoms. The molecule has 0 saturated carbocycles. The standard InChI is InChI=1S/C20H18Br2ClN5O2S/c1-11(24-19(30)12-3-6-14(23)7-4-12)18-26-27-20(28(18)2)31-10-17(29)25-16-9-13(21)5-8-15(16)22/h3-9,11H,10H2,1-2H3,(H,24,30)(H,25,29)/t11-/m1/s1. The summed E-state index contributed by atoms with van der Waals surface area (Å²) < 4.78 is 3.42. The number of nitrogens with zero attached hydrogens (tertiary/aromatic N) is 3. The maximum Gasteiger partial charge on any atom is 0.251 e. The molecule has 0 saturated heterocycles. The number of hydrogen-bond donors (Lipinski definition) is 2. The maximum atomic E-state index is 12.4. The zero-order chi connectivity index (χ0) is 22.5. The minimum Gasteiger partial charge on any atom is -0.342 e. The Kier molecular flexibility index (Phi) is 8.15. The summed E-state index contributed by atoms with van der Waals surface area (Å²) in [5.74, 6) is 0.342. The van der Waals surface area contributed by atoms with Crippen LogP contribution < -0.4 is 10.6 Å². The lowest BCUT2D eigenvalue weighted by atomic mass is 10.2. The number of halogens is 3. The molecule has 0 aliphatic heterocycles. The molecular formula is C20H18Br2ClN5O2S. The van der Waals surface area contributed by atoms with Crippen LogP contribution in [0.2, 0.25) is 5.02 Å². The van der Waals surface area contributed by atoms with E-state index in [0.717, 1.165) is 8.95 Å². The molecule has 2 aromatic carbocycles. The van der Waals surface area contributed by atoms with Gasteiger partial charge in [-0.2, -0.15) is 0 Å². The molecule has 0 aliphatic rings. The molecule has 0 spiro atoms. The minimum atomic E-state index is -0.374. The topological polar surface area (TPSA) is 88.9 Å². The van der Waals surface area contributed by atoms with Crippen LogP contribution in [0.25, 0.3) is 0 Å². The highest BCUT2D eigenvalue weighted by Crippen LogP contribution is 2.27. The Hall–Kier alpha value is -1.88. The molecular weight excluding hydrogens is 570 g/mol. The highest BCUT2D eigenvalue weighted by Gasteiger charge is 2.19. The lowest BCUT2D eigenvalue weighted by molar-refractivity contribution is -0.113. The van der Waals surface area contributed by atoms with E-state index in [4.69, 9.17) is 11.6 Å². The number of benzene rings is 2. The first-order valence-electron chi connectivity index (χ1n) is 9.08. The van der Waals surface area contributed by atoms with Crippen molar-refractivity contribution in [1.82, 2.24) is 20.1 Å². The number of carbonyl (C=O) groups excluding carboxylic acids is 2. The van der Waals surface area contributed by atoms with Crippen LogP contribution in [0.3, 0.4) is 0 Å². The van der Waals surface area contributed by atoms with Crippen LogP contribution in [-0.2, 0) is 11.8 Å². The zero-order valence-corrected chi connectivity index (χ0v) is 21.3. The Morgan fingerprint density at radius 3 is 2.58 bits per heavy atom. The lowest BCUT2D eigenvalue weighted by Crippen LogP contribution is -2.28. The summed E-state index contributed by atoms with van der Waals surface area (Å²) in [6, 6.07) is 11.8. The predicted octanol–water partition coefficient (Wildman–Crippen LogP) is 5.22. The van der Waals surface area contributed by atoms with E-state index < -0.39 is 0 Å². The first kappa shape index (κ1) is 23.8. The van der Waals surface area contributed by atoms with Gasteiger partial charge in [-0.3, -0.25) is 9.59 Å². The van der Waals surface area contributed by atoms with Crippen molar-refractivity contribution in [1.29, 1.82) is 0 Å². The second-order valence-corrected chi connectivity index (χ2v) is 9.71. The van der Waals surface area contributed by atoms with Crippen molar-refractivity contribution in [3.63, 3.8) is 0 Å². The van der Waals surface area contributed by atoms with Crippen LogP contribution in [0.15, 0.2) is 56.6 Å². The van der Waals surface area contributed by atoms with E-state index in [9.17, 15) is 9.59 Å². The van der Waals surface area contributed by atoms with Crippen molar-refractivity contribution in [2.24, 2.45) is 7.05 Å². The Morgan fingerprint density at radius 1 is 1.16 bits per heavy atom. The fraction of sp³-hybridized carbons (Fsp3) is 0.200. The molecule has 0 unspecified atom stereocenters. The van der Waals surface area contributed by atoms with Crippen LogP contribution in [-0.4, -0.2) is 32.3 Å². The quantitative estimate of drug-likeness (QED) is 0.371. The van der Waals surface area contributed by atoms with E-state index in [0.29, 0.717) is 27.3 Å². The van der Waals surface area contributed by atoms with Gasteiger partial charge in [0.2, 0.25) is 5.91 Å². The number of amides is 2. The number of carbonyl (C=O) groups is 2. The van der Waals surface area contributed by atoms with Gasteiger partial charge in [0, 0.05) is 26.6 Å². The van der Waals surface area contributed by atoms with E-state index in [2.05, 4.69) is 52.7 Å². The molecule has 2 N–H and O–H groups in total. The van der Waals surface area contributed by atoms with Crippen LogP contribution >= 0.6 is 55.2 Å². The van der Waals surface area contributed by atoms with Crippen LogP contribution in [0.1, 0.15) is 29.1 Å². The van der Waals surface area contributed by atoms with E-state index in [1.165, 1.54) is 11.8 Å². The molecule has 3 rings (SSSR count). The molecule has 31 heavy (non-hydrogen) atoms. The van der Waals surface area contributed by atoms with Crippen molar-refractivity contribution < 1.29 is 9.59 Å². The van der Waals surface area contributed by atoms with Crippen molar-refractivity contribution in [3.8, 4) is 0 Å². The Morgan fingerprint density at radius 2 is 1.87 bits per heavy atom. The second-order valence-electron chi connectivity index (χ2n) is 6.56. The summed E-state index contributed by atoms with van der Waals surface area (Å²) >= 11 is 13.9. The molecule has 1 aromatic heterocycles. The summed E-state index contributed by atoms with van der Waals surface area (Å²) in [5.41, 5.74) is 1.18. The number of hydrogen-bond acceptors (Lipinski definition) is 5. The molecule has 7 nitrogen and oxygen atoms in total. The normalized spacial score (nSPS) is 11.8. The highest BCUT2D eigenvalue weighted by molar-refractivity contribution is 9.11. The van der Waals surface area contributed by atoms with Crippen molar-refractivity contribution in [2.75, 3.05) is 11.1 Å². The summed E-state index contributed by atoms with van der Waals surface area (Å²) in [5, 5.41) is 15.2. The average molecular weight is 588 g/mol. The highest BCUT2D eigenvalue weighted by atomic mass is 79.9. The first-order valence-corrected chi connectivity index (χ1v) is 12.0. The molecule has 0 bridgehead atoms. The summed E-state index contributed by atoms with van der Waals surface area (Å²) in [7, 11) is 1.80. The number of nitrogens with one attached hydrogen (secondary N) is 2. The van der Waals surface area contributed by atoms with Crippen LogP contribution in [0.4, 0.5) is 5.69 Å². The smallest absolute Gasteiger partial charge is 0.251 e. The van der Waals surface area contributed by atoms with Gasteiger partial charge in [0.15, 0.2) is 11.0 Å². The molecule has 0 aliphatic carbocycles. The van der Waals surface area contributed by atoms with Crippen LogP contribution in [0.5, 0.6) is 0 Å². The van der Waals surface area contributed by atoms with Gasteiger partial charge in [-0.25, -0.2) is 0 Å². The van der Waals surface area contributed by atoms with E-state index >= 15 is 0 Å². The molecule has 0 fully saturated rings. The Balaban J connectivity index is 1.59.